The van der Waals surface area contributed by atoms with Gasteiger partial charge in [-0.05, 0) is 31.4 Å². The van der Waals surface area contributed by atoms with E-state index in [1.807, 2.05) is 41.2 Å². The van der Waals surface area contributed by atoms with Gasteiger partial charge in [-0.1, -0.05) is 23.4 Å². The number of carbonyl (C=O) groups is 1. The molecule has 1 aliphatic heterocycles. The summed E-state index contributed by atoms with van der Waals surface area (Å²) in [6.45, 7) is 1.18. The maximum atomic E-state index is 13.3. The Balaban J connectivity index is 1.40. The average Bonchev–Trinajstić information content (AvgIpc) is 3.30. The third-order valence-electron chi connectivity index (χ3n) is 5.85. The Bertz CT molecular complexity index is 1130. The van der Waals surface area contributed by atoms with Gasteiger partial charge in [0.05, 0.1) is 24.4 Å². The smallest absolute Gasteiger partial charge is 0.259 e. The zero-order valence-electron chi connectivity index (χ0n) is 16.8. The lowest BCUT2D eigenvalue weighted by molar-refractivity contribution is 0.0782. The SMILES string of the molecule is COc1cc(=O)n(-c2ccccc2)cc1C(=O)N1CC[C@@H](n2cc(C3CC3)nn2)C1. The number of hydrogen-bond donors (Lipinski definition) is 0. The molecule has 154 valence electrons. The minimum atomic E-state index is -0.246. The summed E-state index contributed by atoms with van der Waals surface area (Å²) in [6, 6.07) is 10.7. The van der Waals surface area contributed by atoms with Gasteiger partial charge in [-0.2, -0.15) is 0 Å². The van der Waals surface area contributed by atoms with Crippen molar-refractivity contribution in [3.8, 4) is 11.4 Å². The van der Waals surface area contributed by atoms with Gasteiger partial charge in [0.15, 0.2) is 0 Å². The first-order valence-corrected chi connectivity index (χ1v) is 10.2. The second kappa shape index (κ2) is 7.44. The molecule has 1 saturated heterocycles. The van der Waals surface area contributed by atoms with Gasteiger partial charge in [-0.15, -0.1) is 5.10 Å². The monoisotopic (exact) mass is 405 g/mol. The highest BCUT2D eigenvalue weighted by atomic mass is 16.5. The first-order chi connectivity index (χ1) is 14.6. The molecule has 5 rings (SSSR count). The summed E-state index contributed by atoms with van der Waals surface area (Å²) in [6.07, 6.45) is 6.79. The highest BCUT2D eigenvalue weighted by molar-refractivity contribution is 5.97. The number of hydrogen-bond acceptors (Lipinski definition) is 5. The molecule has 3 heterocycles. The van der Waals surface area contributed by atoms with Crippen LogP contribution in [0.2, 0.25) is 0 Å². The Morgan fingerprint density at radius 1 is 1.13 bits per heavy atom. The number of amides is 1. The lowest BCUT2D eigenvalue weighted by atomic mass is 10.2. The van der Waals surface area contributed by atoms with E-state index in [4.69, 9.17) is 4.74 Å². The molecule has 1 aromatic carbocycles. The van der Waals surface area contributed by atoms with Gasteiger partial charge in [0, 0.05) is 43.2 Å². The Hall–Kier alpha value is -3.42. The van der Waals surface area contributed by atoms with Crippen LogP contribution in [-0.2, 0) is 0 Å². The van der Waals surface area contributed by atoms with Gasteiger partial charge in [-0.3, -0.25) is 14.2 Å². The Labute approximate surface area is 173 Å². The molecule has 2 aromatic heterocycles. The third kappa shape index (κ3) is 3.38. The second-order valence-electron chi connectivity index (χ2n) is 7.89. The maximum Gasteiger partial charge on any atom is 0.259 e. The van der Waals surface area contributed by atoms with E-state index in [9.17, 15) is 9.59 Å². The number of rotatable bonds is 5. The maximum absolute atomic E-state index is 13.3. The largest absolute Gasteiger partial charge is 0.496 e. The van der Waals surface area contributed by atoms with E-state index in [1.54, 1.807) is 11.1 Å². The highest BCUT2D eigenvalue weighted by Gasteiger charge is 2.32. The van der Waals surface area contributed by atoms with Crippen molar-refractivity contribution in [3.05, 3.63) is 70.4 Å². The van der Waals surface area contributed by atoms with E-state index < -0.39 is 0 Å². The van der Waals surface area contributed by atoms with Gasteiger partial charge in [0.1, 0.15) is 5.75 Å². The lowest BCUT2D eigenvalue weighted by Crippen LogP contribution is -2.31. The van der Waals surface area contributed by atoms with Crippen LogP contribution in [0.1, 0.15) is 47.3 Å². The quantitative estimate of drug-likeness (QED) is 0.651. The molecule has 30 heavy (non-hydrogen) atoms. The van der Waals surface area contributed by atoms with Crippen LogP contribution in [0.5, 0.6) is 5.75 Å². The summed E-state index contributed by atoms with van der Waals surface area (Å²) in [4.78, 5) is 27.6. The number of methoxy groups -OCH3 is 1. The second-order valence-corrected chi connectivity index (χ2v) is 7.89. The Kier molecular flexibility index (Phi) is 4.61. The number of pyridine rings is 1. The Morgan fingerprint density at radius 2 is 1.93 bits per heavy atom. The van der Waals surface area contributed by atoms with Crippen LogP contribution in [0.25, 0.3) is 5.69 Å². The number of carbonyl (C=O) groups excluding carboxylic acids is 1. The minimum absolute atomic E-state index is 0.111. The summed E-state index contributed by atoms with van der Waals surface area (Å²) < 4.78 is 8.72. The number of benzene rings is 1. The molecule has 8 heteroatoms. The molecule has 0 spiro atoms. The van der Waals surface area contributed by atoms with E-state index >= 15 is 0 Å². The molecular weight excluding hydrogens is 382 g/mol. The van der Waals surface area contributed by atoms with Gasteiger partial charge in [0.2, 0.25) is 0 Å². The van der Waals surface area contributed by atoms with E-state index in [0.29, 0.717) is 30.3 Å². The summed E-state index contributed by atoms with van der Waals surface area (Å²) in [5, 5.41) is 8.57. The number of para-hydroxylation sites is 1. The normalized spacial score (nSPS) is 18.6. The molecule has 0 unspecified atom stereocenters. The van der Waals surface area contributed by atoms with Crippen LogP contribution in [0, 0.1) is 0 Å². The predicted molar refractivity (Wildman–Crippen MR) is 110 cm³/mol. The van der Waals surface area contributed by atoms with Crippen molar-refractivity contribution in [2.45, 2.75) is 31.2 Å². The zero-order chi connectivity index (χ0) is 20.7. The molecule has 0 radical (unpaired) electrons. The molecule has 2 aliphatic rings. The van der Waals surface area contributed by atoms with E-state index in [0.717, 1.165) is 12.1 Å². The van der Waals surface area contributed by atoms with Crippen molar-refractivity contribution in [1.82, 2.24) is 24.5 Å². The van der Waals surface area contributed by atoms with Crippen molar-refractivity contribution in [3.63, 3.8) is 0 Å². The van der Waals surface area contributed by atoms with Crippen LogP contribution >= 0.6 is 0 Å². The summed E-state index contributed by atoms with van der Waals surface area (Å²) in [5.74, 6) is 0.695. The molecule has 0 N–H and O–H groups in total. The summed E-state index contributed by atoms with van der Waals surface area (Å²) in [7, 11) is 1.47. The highest BCUT2D eigenvalue weighted by Crippen LogP contribution is 2.39. The molecule has 1 atom stereocenters. The molecule has 0 bridgehead atoms. The van der Waals surface area contributed by atoms with Gasteiger partial charge < -0.3 is 9.64 Å². The van der Waals surface area contributed by atoms with Gasteiger partial charge in [-0.25, -0.2) is 4.68 Å². The van der Waals surface area contributed by atoms with E-state index in [1.165, 1.54) is 30.6 Å². The minimum Gasteiger partial charge on any atom is -0.496 e. The van der Waals surface area contributed by atoms with Crippen molar-refractivity contribution in [1.29, 1.82) is 0 Å². The number of nitrogens with zero attached hydrogens (tertiary/aromatic N) is 5. The first kappa shape index (κ1) is 18.6. The van der Waals surface area contributed by atoms with Crippen LogP contribution < -0.4 is 10.3 Å². The van der Waals surface area contributed by atoms with Gasteiger partial charge in [0.25, 0.3) is 11.5 Å². The molecule has 8 nitrogen and oxygen atoms in total. The van der Waals surface area contributed by atoms with E-state index in [2.05, 4.69) is 10.3 Å². The fraction of sp³-hybridized carbons (Fsp3) is 0.364. The van der Waals surface area contributed by atoms with Crippen molar-refractivity contribution in [2.24, 2.45) is 0 Å². The lowest BCUT2D eigenvalue weighted by Gasteiger charge is -2.19. The predicted octanol–water partition coefficient (Wildman–Crippen LogP) is 2.40. The van der Waals surface area contributed by atoms with Crippen molar-refractivity contribution < 1.29 is 9.53 Å². The van der Waals surface area contributed by atoms with Crippen LogP contribution in [0.3, 0.4) is 0 Å². The molecular formula is C22H23N5O3. The molecule has 2 fully saturated rings. The number of likely N-dealkylation sites (tertiary alicyclic amines) is 1. The van der Waals surface area contributed by atoms with E-state index in [-0.39, 0.29) is 23.3 Å². The van der Waals surface area contributed by atoms with Crippen LogP contribution in [0.15, 0.2) is 53.6 Å². The topological polar surface area (TPSA) is 82.2 Å². The van der Waals surface area contributed by atoms with Crippen molar-refractivity contribution >= 4 is 5.91 Å². The van der Waals surface area contributed by atoms with Crippen molar-refractivity contribution in [2.75, 3.05) is 20.2 Å². The zero-order valence-corrected chi connectivity index (χ0v) is 16.8. The van der Waals surface area contributed by atoms with Crippen LogP contribution in [-0.4, -0.2) is 50.6 Å². The molecule has 1 amide bonds. The standard InChI is InChI=1S/C22H23N5O3/c1-30-20-11-21(28)26(16-5-3-2-4-6-16)13-18(20)22(29)25-10-9-17(12-25)27-14-19(23-24-27)15-7-8-15/h2-6,11,13-15,17H,7-10,12H2,1H3/t17-/m1/s1. The molecule has 1 saturated carbocycles. The molecule has 1 aliphatic carbocycles. The van der Waals surface area contributed by atoms with Crippen LogP contribution in [0.4, 0.5) is 0 Å². The third-order valence-corrected chi connectivity index (χ3v) is 5.85. The first-order valence-electron chi connectivity index (χ1n) is 10.2. The molecule has 3 aromatic rings. The summed E-state index contributed by atoms with van der Waals surface area (Å²) in [5.41, 5.74) is 1.88. The summed E-state index contributed by atoms with van der Waals surface area (Å²) >= 11 is 0. The fourth-order valence-corrected chi connectivity index (χ4v) is 3.98. The van der Waals surface area contributed by atoms with Gasteiger partial charge >= 0.3 is 0 Å². The number of ether oxygens (including phenoxy) is 1. The average molecular weight is 405 g/mol. The Morgan fingerprint density at radius 3 is 2.67 bits per heavy atom. The number of aromatic nitrogens is 4. The fourth-order valence-electron chi connectivity index (χ4n) is 3.98.